The van der Waals surface area contributed by atoms with Crippen molar-refractivity contribution in [2.75, 3.05) is 0 Å². The third kappa shape index (κ3) is 2.65. The lowest BCUT2D eigenvalue weighted by Crippen LogP contribution is -2.25. The second kappa shape index (κ2) is 5.90. The minimum Gasteiger partial charge on any atom is -0.345 e. The summed E-state index contributed by atoms with van der Waals surface area (Å²) in [7, 11) is 0. The fourth-order valence-electron chi connectivity index (χ4n) is 2.94. The number of nitrogens with one attached hydrogen (secondary N) is 1. The number of thiophene rings is 1. The van der Waals surface area contributed by atoms with E-state index in [1.54, 1.807) is 17.7 Å². The van der Waals surface area contributed by atoms with Gasteiger partial charge in [0.15, 0.2) is 5.82 Å². The van der Waals surface area contributed by atoms with E-state index in [4.69, 9.17) is 0 Å². The zero-order valence-electron chi connectivity index (χ0n) is 13.7. The highest BCUT2D eigenvalue weighted by Crippen LogP contribution is 2.35. The van der Waals surface area contributed by atoms with Crippen LogP contribution in [0.5, 0.6) is 0 Å². The molecule has 3 aromatic heterocycles. The first-order valence-electron chi connectivity index (χ1n) is 8.04. The lowest BCUT2D eigenvalue weighted by atomic mass is 10.3. The largest absolute Gasteiger partial charge is 0.345 e. The molecule has 0 spiro atoms. The van der Waals surface area contributed by atoms with E-state index in [1.165, 1.54) is 12.8 Å². The molecule has 3 aromatic rings. The molecule has 124 valence electrons. The van der Waals surface area contributed by atoms with Crippen LogP contribution in [0.2, 0.25) is 0 Å². The Morgan fingerprint density at radius 3 is 2.75 bits per heavy atom. The number of rotatable bonds is 5. The highest BCUT2D eigenvalue weighted by Gasteiger charge is 2.26. The molecule has 7 heteroatoms. The van der Waals surface area contributed by atoms with E-state index in [-0.39, 0.29) is 5.91 Å². The first kappa shape index (κ1) is 15.1. The molecule has 0 unspecified atom stereocenters. The Bertz CT molecular complexity index is 867. The average molecular weight is 341 g/mol. The van der Waals surface area contributed by atoms with E-state index in [9.17, 15) is 4.79 Å². The second-order valence-corrected chi connectivity index (χ2v) is 7.05. The molecule has 1 aliphatic rings. The number of carbonyl (C=O) groups excluding carboxylic acids is 1. The molecule has 3 heterocycles. The van der Waals surface area contributed by atoms with Gasteiger partial charge in [0.1, 0.15) is 11.3 Å². The lowest BCUT2D eigenvalue weighted by Gasteiger charge is -2.11. The van der Waals surface area contributed by atoms with Crippen LogP contribution in [0.3, 0.4) is 0 Å². The standard InChI is InChI=1S/C17H19N5OS/c1-11-3-4-12(2)22(11)17-14(7-8-24-17)16(23)18-9-15-20-19-10-21(15)13-5-6-13/h3-4,7-8,10,13H,5-6,9H2,1-2H3,(H,18,23). The first-order valence-corrected chi connectivity index (χ1v) is 8.92. The van der Waals surface area contributed by atoms with Gasteiger partial charge in [-0.2, -0.15) is 0 Å². The Hall–Kier alpha value is -2.41. The van der Waals surface area contributed by atoms with E-state index in [1.807, 2.05) is 25.3 Å². The SMILES string of the molecule is Cc1ccc(C)n1-c1sccc1C(=O)NCc1nncn1C1CC1. The van der Waals surface area contributed by atoms with Crippen molar-refractivity contribution in [1.82, 2.24) is 24.6 Å². The molecule has 1 amide bonds. The molecule has 0 saturated heterocycles. The van der Waals surface area contributed by atoms with Crippen molar-refractivity contribution in [3.8, 4) is 5.00 Å². The number of aryl methyl sites for hydroxylation is 2. The van der Waals surface area contributed by atoms with Crippen LogP contribution in [0.1, 0.15) is 46.5 Å². The van der Waals surface area contributed by atoms with Crippen molar-refractivity contribution in [2.45, 2.75) is 39.3 Å². The molecule has 6 nitrogen and oxygen atoms in total. The summed E-state index contributed by atoms with van der Waals surface area (Å²) in [6.07, 6.45) is 4.08. The van der Waals surface area contributed by atoms with Crippen molar-refractivity contribution in [2.24, 2.45) is 0 Å². The summed E-state index contributed by atoms with van der Waals surface area (Å²) in [4.78, 5) is 12.7. The summed E-state index contributed by atoms with van der Waals surface area (Å²) in [5, 5.41) is 14.0. The molecule has 0 aliphatic heterocycles. The van der Waals surface area contributed by atoms with Crippen molar-refractivity contribution >= 4 is 17.2 Å². The maximum absolute atomic E-state index is 12.7. The van der Waals surface area contributed by atoms with Gasteiger partial charge in [-0.15, -0.1) is 21.5 Å². The summed E-state index contributed by atoms with van der Waals surface area (Å²) in [5.74, 6) is 0.736. The monoisotopic (exact) mass is 341 g/mol. The van der Waals surface area contributed by atoms with Crippen LogP contribution in [-0.2, 0) is 6.54 Å². The van der Waals surface area contributed by atoms with Gasteiger partial charge < -0.3 is 14.5 Å². The third-order valence-electron chi connectivity index (χ3n) is 4.36. The minimum absolute atomic E-state index is 0.0795. The highest BCUT2D eigenvalue weighted by molar-refractivity contribution is 7.13. The van der Waals surface area contributed by atoms with Gasteiger partial charge in [-0.25, -0.2) is 0 Å². The van der Waals surface area contributed by atoms with Crippen LogP contribution in [0.4, 0.5) is 0 Å². The molecule has 4 rings (SSSR count). The lowest BCUT2D eigenvalue weighted by molar-refractivity contribution is 0.0950. The van der Waals surface area contributed by atoms with Crippen LogP contribution < -0.4 is 5.32 Å². The number of nitrogens with zero attached hydrogens (tertiary/aromatic N) is 4. The first-order chi connectivity index (χ1) is 11.6. The minimum atomic E-state index is -0.0795. The number of carbonyl (C=O) groups is 1. The maximum atomic E-state index is 12.7. The fourth-order valence-corrected chi connectivity index (χ4v) is 3.96. The Morgan fingerprint density at radius 2 is 2.04 bits per heavy atom. The van der Waals surface area contributed by atoms with E-state index in [2.05, 4.69) is 36.8 Å². The Morgan fingerprint density at radius 1 is 1.29 bits per heavy atom. The molecule has 0 aromatic carbocycles. The summed E-state index contributed by atoms with van der Waals surface area (Å²) >= 11 is 1.57. The number of amides is 1. The summed E-state index contributed by atoms with van der Waals surface area (Å²) in [6.45, 7) is 4.49. The van der Waals surface area contributed by atoms with E-state index >= 15 is 0 Å². The quantitative estimate of drug-likeness (QED) is 0.776. The summed E-state index contributed by atoms with van der Waals surface area (Å²) < 4.78 is 4.18. The summed E-state index contributed by atoms with van der Waals surface area (Å²) in [5.41, 5.74) is 2.94. The topological polar surface area (TPSA) is 64.7 Å². The van der Waals surface area contributed by atoms with E-state index in [0.29, 0.717) is 18.2 Å². The predicted molar refractivity (Wildman–Crippen MR) is 92.6 cm³/mol. The van der Waals surface area contributed by atoms with Gasteiger partial charge in [0.05, 0.1) is 12.1 Å². The number of hydrogen-bond donors (Lipinski definition) is 1. The second-order valence-electron chi connectivity index (χ2n) is 6.16. The van der Waals surface area contributed by atoms with Crippen LogP contribution >= 0.6 is 11.3 Å². The van der Waals surface area contributed by atoms with Gasteiger partial charge in [-0.1, -0.05) is 0 Å². The molecule has 0 bridgehead atoms. The third-order valence-corrected chi connectivity index (χ3v) is 5.26. The zero-order chi connectivity index (χ0) is 16.7. The molecule has 1 aliphatic carbocycles. The molecule has 0 atom stereocenters. The molecular formula is C17H19N5OS. The highest BCUT2D eigenvalue weighted by atomic mass is 32.1. The van der Waals surface area contributed by atoms with Gasteiger partial charge in [-0.3, -0.25) is 4.79 Å². The summed E-state index contributed by atoms with van der Waals surface area (Å²) in [6, 6.07) is 6.51. The molecule has 1 N–H and O–H groups in total. The van der Waals surface area contributed by atoms with Crippen LogP contribution in [0.15, 0.2) is 29.9 Å². The van der Waals surface area contributed by atoms with Crippen molar-refractivity contribution < 1.29 is 4.79 Å². The van der Waals surface area contributed by atoms with Crippen molar-refractivity contribution in [3.63, 3.8) is 0 Å². The molecule has 0 radical (unpaired) electrons. The normalized spacial score (nSPS) is 14.1. The van der Waals surface area contributed by atoms with Crippen molar-refractivity contribution in [1.29, 1.82) is 0 Å². The van der Waals surface area contributed by atoms with Gasteiger partial charge >= 0.3 is 0 Å². The van der Waals surface area contributed by atoms with Gasteiger partial charge in [0.2, 0.25) is 0 Å². The molecule has 24 heavy (non-hydrogen) atoms. The van der Waals surface area contributed by atoms with Gasteiger partial charge in [-0.05, 0) is 50.3 Å². The Kier molecular flexibility index (Phi) is 3.72. The molecule has 1 fully saturated rings. The number of aromatic nitrogens is 4. The predicted octanol–water partition coefficient (Wildman–Crippen LogP) is 3.01. The molecular weight excluding hydrogens is 322 g/mol. The van der Waals surface area contributed by atoms with Crippen molar-refractivity contribution in [3.05, 3.63) is 52.7 Å². The maximum Gasteiger partial charge on any atom is 0.254 e. The van der Waals surface area contributed by atoms with E-state index < -0.39 is 0 Å². The van der Waals surface area contributed by atoms with Crippen LogP contribution in [0, 0.1) is 13.8 Å². The van der Waals surface area contributed by atoms with Gasteiger partial charge in [0.25, 0.3) is 5.91 Å². The average Bonchev–Trinajstić information content (AvgIpc) is 2.97. The molecule has 1 saturated carbocycles. The smallest absolute Gasteiger partial charge is 0.254 e. The Balaban J connectivity index is 1.53. The number of hydrogen-bond acceptors (Lipinski definition) is 4. The van der Waals surface area contributed by atoms with Crippen LogP contribution in [0.25, 0.3) is 5.00 Å². The van der Waals surface area contributed by atoms with E-state index in [0.717, 1.165) is 22.2 Å². The zero-order valence-corrected chi connectivity index (χ0v) is 14.5. The fraction of sp³-hybridized carbons (Fsp3) is 0.353. The van der Waals surface area contributed by atoms with Gasteiger partial charge in [0, 0.05) is 17.4 Å². The Labute approximate surface area is 144 Å². The van der Waals surface area contributed by atoms with Crippen LogP contribution in [-0.4, -0.2) is 25.2 Å².